The first-order chi connectivity index (χ1) is 14.0. The van der Waals surface area contributed by atoms with Gasteiger partial charge in [-0.1, -0.05) is 41.5 Å². The minimum absolute atomic E-state index is 0.0351. The maximum Gasteiger partial charge on any atom is 0.310 e. The second kappa shape index (κ2) is 9.51. The van der Waals surface area contributed by atoms with Crippen molar-refractivity contribution >= 4 is 11.9 Å². The molecule has 8 nitrogen and oxygen atoms in total. The van der Waals surface area contributed by atoms with E-state index in [2.05, 4.69) is 10.6 Å². The summed E-state index contributed by atoms with van der Waals surface area (Å²) in [5.74, 6) is -2.62. The fourth-order valence-electron chi connectivity index (χ4n) is 5.92. The first-order valence-corrected chi connectivity index (χ1v) is 11.2. The second-order valence-electron chi connectivity index (χ2n) is 9.48. The average Bonchev–Trinajstić information content (AvgIpc) is 3.34. The monoisotopic (exact) mass is 428 g/mol. The van der Waals surface area contributed by atoms with Crippen LogP contribution in [0.4, 0.5) is 0 Å². The Hall–Kier alpha value is -1.22. The summed E-state index contributed by atoms with van der Waals surface area (Å²) in [5, 5.41) is 26.8. The number of carboxylic acid groups (broad SMARTS) is 2. The minimum Gasteiger partial charge on any atom is -0.481 e. The van der Waals surface area contributed by atoms with Crippen LogP contribution in [0.1, 0.15) is 60.8 Å². The van der Waals surface area contributed by atoms with E-state index < -0.39 is 40.6 Å². The number of aliphatic carboxylic acids is 2. The molecule has 0 bridgehead atoms. The van der Waals surface area contributed by atoms with Crippen LogP contribution in [-0.4, -0.2) is 59.9 Å². The van der Waals surface area contributed by atoms with Crippen molar-refractivity contribution in [1.82, 2.24) is 10.6 Å². The zero-order valence-corrected chi connectivity index (χ0v) is 19.3. The normalized spacial score (nSPS) is 31.1. The number of ether oxygens (including phenoxy) is 2. The van der Waals surface area contributed by atoms with Gasteiger partial charge in [0.15, 0.2) is 0 Å². The number of hydrogen-bond donors (Lipinski definition) is 4. The van der Waals surface area contributed by atoms with Crippen LogP contribution in [0.25, 0.3) is 0 Å². The summed E-state index contributed by atoms with van der Waals surface area (Å²) >= 11 is 0. The molecule has 30 heavy (non-hydrogen) atoms. The van der Waals surface area contributed by atoms with Crippen molar-refractivity contribution in [3.05, 3.63) is 0 Å². The molecule has 0 spiro atoms. The van der Waals surface area contributed by atoms with Crippen LogP contribution in [0.3, 0.4) is 0 Å². The fraction of sp³-hybridized carbons (Fsp3) is 0.909. The van der Waals surface area contributed by atoms with Gasteiger partial charge in [0.05, 0.1) is 18.6 Å². The number of nitrogens with one attached hydrogen (secondary N) is 2. The van der Waals surface area contributed by atoms with Crippen LogP contribution in [-0.2, 0) is 19.1 Å². The molecular formula is C22H40N2O6. The highest BCUT2D eigenvalue weighted by molar-refractivity contribution is 5.76. The quantitative estimate of drug-likeness (QED) is 0.397. The third kappa shape index (κ3) is 4.11. The van der Waals surface area contributed by atoms with Gasteiger partial charge in [-0.25, -0.2) is 0 Å². The van der Waals surface area contributed by atoms with Gasteiger partial charge < -0.3 is 19.7 Å². The van der Waals surface area contributed by atoms with Crippen molar-refractivity contribution in [1.29, 1.82) is 0 Å². The first kappa shape index (κ1) is 25.0. The molecule has 0 saturated carbocycles. The number of carbonyl (C=O) groups is 2. The third-order valence-electron chi connectivity index (χ3n) is 7.62. The zero-order chi connectivity index (χ0) is 22.7. The summed E-state index contributed by atoms with van der Waals surface area (Å²) in [7, 11) is 0. The highest BCUT2D eigenvalue weighted by Crippen LogP contribution is 2.54. The molecule has 2 rings (SSSR count). The number of carboxylic acids is 2. The van der Waals surface area contributed by atoms with E-state index in [0.29, 0.717) is 26.3 Å². The molecule has 2 heterocycles. The van der Waals surface area contributed by atoms with Crippen LogP contribution in [0.5, 0.6) is 0 Å². The molecule has 0 radical (unpaired) electrons. The average molecular weight is 429 g/mol. The SMILES string of the molecule is CC(C)C1(C(C)C(CCCC(=O)O)(C(=O)O)C(C)C2(C(C)C)NCCO2)NCCO1. The van der Waals surface area contributed by atoms with Crippen LogP contribution in [0.15, 0.2) is 0 Å². The maximum absolute atomic E-state index is 13.1. The molecule has 174 valence electrons. The van der Waals surface area contributed by atoms with Gasteiger partial charge in [0, 0.05) is 31.3 Å². The molecule has 8 heteroatoms. The van der Waals surface area contributed by atoms with Crippen LogP contribution in [0.2, 0.25) is 0 Å². The van der Waals surface area contributed by atoms with E-state index in [1.165, 1.54) is 0 Å². The van der Waals surface area contributed by atoms with Crippen molar-refractivity contribution in [2.75, 3.05) is 26.3 Å². The van der Waals surface area contributed by atoms with Crippen molar-refractivity contribution in [2.24, 2.45) is 29.1 Å². The summed E-state index contributed by atoms with van der Waals surface area (Å²) in [4.78, 5) is 24.3. The third-order valence-corrected chi connectivity index (χ3v) is 7.62. The molecule has 0 aliphatic carbocycles. The Morgan fingerprint density at radius 1 is 0.900 bits per heavy atom. The van der Waals surface area contributed by atoms with Crippen LogP contribution >= 0.6 is 0 Å². The Morgan fingerprint density at radius 3 is 1.60 bits per heavy atom. The topological polar surface area (TPSA) is 117 Å². The maximum atomic E-state index is 13.1. The Labute approximate surface area is 180 Å². The Balaban J connectivity index is 2.60. The largest absolute Gasteiger partial charge is 0.481 e. The van der Waals surface area contributed by atoms with Gasteiger partial charge in [-0.15, -0.1) is 0 Å². The van der Waals surface area contributed by atoms with Gasteiger partial charge in [-0.2, -0.15) is 0 Å². The lowest BCUT2D eigenvalue weighted by atomic mass is 9.56. The highest BCUT2D eigenvalue weighted by atomic mass is 16.5. The van der Waals surface area contributed by atoms with E-state index in [-0.39, 0.29) is 31.1 Å². The molecule has 4 atom stereocenters. The molecule has 4 N–H and O–H groups in total. The van der Waals surface area contributed by atoms with Crippen molar-refractivity contribution in [3.63, 3.8) is 0 Å². The minimum atomic E-state index is -1.25. The molecule has 2 fully saturated rings. The van der Waals surface area contributed by atoms with Crippen LogP contribution < -0.4 is 10.6 Å². The standard InChI is InChI=1S/C22H40N2O6/c1-14(2)21(23-10-12-29-21)16(5)20(19(27)28,9-7-8-18(25)26)17(6)22(15(3)4)24-11-13-30-22/h14-17,23-24H,7-13H2,1-6H3,(H,25,26)(H,27,28). The van der Waals surface area contributed by atoms with Crippen LogP contribution in [0, 0.1) is 29.1 Å². The molecule has 2 aliphatic rings. The van der Waals surface area contributed by atoms with E-state index in [1.807, 2.05) is 41.5 Å². The van der Waals surface area contributed by atoms with Crippen molar-refractivity contribution in [2.45, 2.75) is 72.3 Å². The summed E-state index contributed by atoms with van der Waals surface area (Å²) in [5.41, 5.74) is -2.85. The Kier molecular flexibility index (Phi) is 7.94. The lowest BCUT2D eigenvalue weighted by Crippen LogP contribution is -2.66. The van der Waals surface area contributed by atoms with E-state index in [1.54, 1.807) is 0 Å². The Morgan fingerprint density at radius 2 is 1.33 bits per heavy atom. The summed E-state index contributed by atoms with van der Waals surface area (Å²) < 4.78 is 12.4. The van der Waals surface area contributed by atoms with E-state index >= 15 is 0 Å². The molecule has 2 saturated heterocycles. The molecule has 4 unspecified atom stereocenters. The Bertz CT molecular complexity index is 575. The number of rotatable bonds is 11. The van der Waals surface area contributed by atoms with Gasteiger partial charge in [0.1, 0.15) is 11.4 Å². The molecule has 0 aromatic heterocycles. The predicted molar refractivity (Wildman–Crippen MR) is 113 cm³/mol. The predicted octanol–water partition coefficient (Wildman–Crippen LogP) is 2.53. The van der Waals surface area contributed by atoms with Gasteiger partial charge in [-0.3, -0.25) is 20.2 Å². The zero-order valence-electron chi connectivity index (χ0n) is 19.3. The van der Waals surface area contributed by atoms with Gasteiger partial charge in [-0.05, 0) is 24.7 Å². The van der Waals surface area contributed by atoms with Crippen molar-refractivity contribution in [3.8, 4) is 0 Å². The fourth-order valence-corrected chi connectivity index (χ4v) is 5.92. The molecular weight excluding hydrogens is 388 g/mol. The second-order valence-corrected chi connectivity index (χ2v) is 9.48. The lowest BCUT2D eigenvalue weighted by Gasteiger charge is -2.54. The molecule has 0 aromatic rings. The van der Waals surface area contributed by atoms with Gasteiger partial charge >= 0.3 is 11.9 Å². The van der Waals surface area contributed by atoms with Gasteiger partial charge in [0.25, 0.3) is 0 Å². The van der Waals surface area contributed by atoms with E-state index in [0.717, 1.165) is 0 Å². The summed E-state index contributed by atoms with van der Waals surface area (Å²) in [6.45, 7) is 14.4. The highest BCUT2D eigenvalue weighted by Gasteiger charge is 2.63. The molecule has 0 aromatic carbocycles. The summed E-state index contributed by atoms with van der Waals surface area (Å²) in [6.07, 6.45) is 0.440. The first-order valence-electron chi connectivity index (χ1n) is 11.2. The smallest absolute Gasteiger partial charge is 0.310 e. The lowest BCUT2D eigenvalue weighted by molar-refractivity contribution is -0.206. The van der Waals surface area contributed by atoms with Gasteiger partial charge in [0.2, 0.25) is 0 Å². The number of hydrogen-bond acceptors (Lipinski definition) is 6. The summed E-state index contributed by atoms with van der Waals surface area (Å²) in [6, 6.07) is 0. The molecule has 2 aliphatic heterocycles. The van der Waals surface area contributed by atoms with E-state index in [4.69, 9.17) is 9.47 Å². The van der Waals surface area contributed by atoms with E-state index in [9.17, 15) is 19.8 Å². The van der Waals surface area contributed by atoms with Crippen molar-refractivity contribution < 1.29 is 29.3 Å². The molecule has 0 amide bonds.